The first-order valence-electron chi connectivity index (χ1n) is 13.5. The standard InChI is InChI=1S/C30H44N2O4/c1-5-23(3)35-27-19-15-25(16-20-27)31-29(33)13-11-9-7-8-10-12-14-30(34)32-26-17-21-28(22-18-26)36-24(4)6-2/h15-24H,5-14H2,1-4H3,(H,31,33)(H,32,34). The van der Waals surface area contributed by atoms with Crippen molar-refractivity contribution in [2.75, 3.05) is 10.6 Å². The molecular weight excluding hydrogens is 452 g/mol. The van der Waals surface area contributed by atoms with Crippen LogP contribution in [0.25, 0.3) is 0 Å². The minimum Gasteiger partial charge on any atom is -0.491 e. The number of rotatable bonds is 17. The van der Waals surface area contributed by atoms with Crippen molar-refractivity contribution in [1.82, 2.24) is 0 Å². The molecule has 2 amide bonds. The highest BCUT2D eigenvalue weighted by atomic mass is 16.5. The van der Waals surface area contributed by atoms with E-state index in [9.17, 15) is 9.59 Å². The molecule has 6 nitrogen and oxygen atoms in total. The van der Waals surface area contributed by atoms with Gasteiger partial charge in [-0.25, -0.2) is 0 Å². The number of nitrogens with one attached hydrogen (secondary N) is 2. The molecule has 0 aliphatic rings. The molecule has 6 heteroatoms. The van der Waals surface area contributed by atoms with Gasteiger partial charge in [-0.3, -0.25) is 9.59 Å². The maximum absolute atomic E-state index is 12.2. The summed E-state index contributed by atoms with van der Waals surface area (Å²) in [4.78, 5) is 24.3. The number of anilines is 2. The van der Waals surface area contributed by atoms with Crippen molar-refractivity contribution >= 4 is 23.2 Å². The molecular formula is C30H44N2O4. The molecule has 0 saturated carbocycles. The number of hydrogen-bond donors (Lipinski definition) is 2. The van der Waals surface area contributed by atoms with E-state index in [1.54, 1.807) is 0 Å². The molecule has 2 unspecified atom stereocenters. The largest absolute Gasteiger partial charge is 0.491 e. The van der Waals surface area contributed by atoms with E-state index in [2.05, 4.69) is 24.5 Å². The number of ether oxygens (including phenoxy) is 2. The van der Waals surface area contributed by atoms with Crippen LogP contribution in [-0.2, 0) is 9.59 Å². The highest BCUT2D eigenvalue weighted by Crippen LogP contribution is 2.19. The van der Waals surface area contributed by atoms with E-state index in [1.165, 1.54) is 0 Å². The Hall–Kier alpha value is -3.02. The summed E-state index contributed by atoms with van der Waals surface area (Å²) < 4.78 is 11.5. The van der Waals surface area contributed by atoms with Crippen molar-refractivity contribution in [3.05, 3.63) is 48.5 Å². The van der Waals surface area contributed by atoms with Gasteiger partial charge >= 0.3 is 0 Å². The lowest BCUT2D eigenvalue weighted by atomic mass is 10.1. The van der Waals surface area contributed by atoms with Crippen LogP contribution in [0, 0.1) is 0 Å². The monoisotopic (exact) mass is 496 g/mol. The highest BCUT2D eigenvalue weighted by molar-refractivity contribution is 5.91. The molecule has 0 bridgehead atoms. The van der Waals surface area contributed by atoms with Crippen LogP contribution in [0.2, 0.25) is 0 Å². The first-order valence-corrected chi connectivity index (χ1v) is 13.5. The van der Waals surface area contributed by atoms with Crippen molar-refractivity contribution in [3.8, 4) is 11.5 Å². The zero-order valence-corrected chi connectivity index (χ0v) is 22.5. The van der Waals surface area contributed by atoms with Crippen LogP contribution >= 0.6 is 0 Å². The number of unbranched alkanes of at least 4 members (excludes halogenated alkanes) is 5. The normalized spacial score (nSPS) is 12.4. The quantitative estimate of drug-likeness (QED) is 0.220. The molecule has 2 aromatic rings. The fraction of sp³-hybridized carbons (Fsp3) is 0.533. The predicted molar refractivity (Wildman–Crippen MR) is 148 cm³/mol. The van der Waals surface area contributed by atoms with Crippen molar-refractivity contribution < 1.29 is 19.1 Å². The van der Waals surface area contributed by atoms with Gasteiger partial charge in [0.1, 0.15) is 11.5 Å². The minimum atomic E-state index is 0.0433. The summed E-state index contributed by atoms with van der Waals surface area (Å²) in [7, 11) is 0. The SMILES string of the molecule is CCC(C)Oc1ccc(NC(=O)CCCCCCCCC(=O)Nc2ccc(OC(C)CC)cc2)cc1. The van der Waals surface area contributed by atoms with Crippen molar-refractivity contribution in [3.63, 3.8) is 0 Å². The van der Waals surface area contributed by atoms with Gasteiger partial charge in [-0.15, -0.1) is 0 Å². The van der Waals surface area contributed by atoms with Crippen LogP contribution in [-0.4, -0.2) is 24.0 Å². The molecule has 0 heterocycles. The summed E-state index contributed by atoms with van der Waals surface area (Å²) in [6.07, 6.45) is 9.26. The van der Waals surface area contributed by atoms with E-state index in [4.69, 9.17) is 9.47 Å². The fourth-order valence-corrected chi connectivity index (χ4v) is 3.59. The van der Waals surface area contributed by atoms with Gasteiger partial charge in [0.15, 0.2) is 0 Å². The Labute approximate surface area is 217 Å². The Morgan fingerprint density at radius 2 is 0.944 bits per heavy atom. The Kier molecular flexibility index (Phi) is 13.5. The zero-order valence-electron chi connectivity index (χ0n) is 22.5. The third-order valence-corrected chi connectivity index (χ3v) is 6.16. The van der Waals surface area contributed by atoms with Crippen LogP contribution in [0.15, 0.2) is 48.5 Å². The molecule has 2 rings (SSSR count). The second-order valence-electron chi connectivity index (χ2n) is 9.44. The lowest BCUT2D eigenvalue weighted by Crippen LogP contribution is -2.12. The van der Waals surface area contributed by atoms with E-state index in [0.29, 0.717) is 12.8 Å². The molecule has 0 saturated heterocycles. The lowest BCUT2D eigenvalue weighted by molar-refractivity contribution is -0.117. The number of benzene rings is 2. The molecule has 0 aliphatic heterocycles. The third kappa shape index (κ3) is 12.1. The average Bonchev–Trinajstić information content (AvgIpc) is 2.87. The van der Waals surface area contributed by atoms with Gasteiger partial charge < -0.3 is 20.1 Å². The Bertz CT molecular complexity index is 821. The number of carbonyl (C=O) groups is 2. The van der Waals surface area contributed by atoms with E-state index in [-0.39, 0.29) is 24.0 Å². The van der Waals surface area contributed by atoms with E-state index >= 15 is 0 Å². The molecule has 0 aliphatic carbocycles. The van der Waals surface area contributed by atoms with Gasteiger partial charge in [0.2, 0.25) is 11.8 Å². The molecule has 2 N–H and O–H groups in total. The van der Waals surface area contributed by atoms with Crippen LogP contribution in [0.4, 0.5) is 11.4 Å². The van der Waals surface area contributed by atoms with Crippen LogP contribution < -0.4 is 20.1 Å². The maximum atomic E-state index is 12.2. The predicted octanol–water partition coefficient (Wildman–Crippen LogP) is 7.74. The first-order chi connectivity index (χ1) is 17.4. The molecule has 0 spiro atoms. The minimum absolute atomic E-state index is 0.0433. The maximum Gasteiger partial charge on any atom is 0.224 e. The summed E-state index contributed by atoms with van der Waals surface area (Å²) >= 11 is 0. The molecule has 198 valence electrons. The highest BCUT2D eigenvalue weighted by Gasteiger charge is 2.06. The molecule has 2 atom stereocenters. The molecule has 36 heavy (non-hydrogen) atoms. The van der Waals surface area contributed by atoms with Crippen LogP contribution in [0.5, 0.6) is 11.5 Å². The van der Waals surface area contributed by atoms with Crippen molar-refractivity contribution in [2.24, 2.45) is 0 Å². The Morgan fingerprint density at radius 3 is 1.28 bits per heavy atom. The van der Waals surface area contributed by atoms with Crippen molar-refractivity contribution in [2.45, 2.75) is 104 Å². The smallest absolute Gasteiger partial charge is 0.224 e. The van der Waals surface area contributed by atoms with Gasteiger partial charge in [0.05, 0.1) is 12.2 Å². The number of hydrogen-bond acceptors (Lipinski definition) is 4. The average molecular weight is 497 g/mol. The Morgan fingerprint density at radius 1 is 0.611 bits per heavy atom. The third-order valence-electron chi connectivity index (χ3n) is 6.16. The topological polar surface area (TPSA) is 76.7 Å². The second kappa shape index (κ2) is 16.6. The molecule has 0 fully saturated rings. The molecule has 0 radical (unpaired) electrons. The summed E-state index contributed by atoms with van der Waals surface area (Å²) in [5.74, 6) is 1.73. The second-order valence-corrected chi connectivity index (χ2v) is 9.44. The van der Waals surface area contributed by atoms with E-state index in [1.807, 2.05) is 62.4 Å². The number of amides is 2. The molecule has 0 aromatic heterocycles. The van der Waals surface area contributed by atoms with Gasteiger partial charge in [0.25, 0.3) is 0 Å². The van der Waals surface area contributed by atoms with Gasteiger partial charge in [-0.05, 0) is 88.1 Å². The number of carbonyl (C=O) groups excluding carboxylic acids is 2. The van der Waals surface area contributed by atoms with Gasteiger partial charge in [-0.1, -0.05) is 39.5 Å². The molecule has 2 aromatic carbocycles. The Balaban J connectivity index is 1.49. The van der Waals surface area contributed by atoms with Crippen LogP contribution in [0.3, 0.4) is 0 Å². The zero-order chi connectivity index (χ0) is 26.2. The fourth-order valence-electron chi connectivity index (χ4n) is 3.59. The van der Waals surface area contributed by atoms with Crippen molar-refractivity contribution in [1.29, 1.82) is 0 Å². The van der Waals surface area contributed by atoms with Gasteiger partial charge in [0, 0.05) is 24.2 Å². The summed E-state index contributed by atoms with van der Waals surface area (Å²) in [6.45, 7) is 8.26. The van der Waals surface area contributed by atoms with E-state index in [0.717, 1.165) is 74.2 Å². The lowest BCUT2D eigenvalue weighted by Gasteiger charge is -2.13. The van der Waals surface area contributed by atoms with Crippen LogP contribution in [0.1, 0.15) is 91.9 Å². The first kappa shape index (κ1) is 29.2. The summed E-state index contributed by atoms with van der Waals surface area (Å²) in [5.41, 5.74) is 1.59. The van der Waals surface area contributed by atoms with E-state index < -0.39 is 0 Å². The summed E-state index contributed by atoms with van der Waals surface area (Å²) in [5, 5.41) is 5.90. The van der Waals surface area contributed by atoms with Gasteiger partial charge in [-0.2, -0.15) is 0 Å². The summed E-state index contributed by atoms with van der Waals surface area (Å²) in [6, 6.07) is 15.1.